The summed E-state index contributed by atoms with van der Waals surface area (Å²) in [5.74, 6) is -6.03. The largest absolute Gasteiger partial charge is 0.381 e. The number of morpholine rings is 1. The molecule has 0 spiro atoms. The van der Waals surface area contributed by atoms with Crippen molar-refractivity contribution in [1.82, 2.24) is 36.0 Å². The number of carbonyl (C=O) groups excluding carboxylic acids is 6. The monoisotopic (exact) mass is 1110 g/mol. The Morgan fingerprint density at radius 1 is 0.863 bits per heavy atom. The van der Waals surface area contributed by atoms with Crippen LogP contribution in [0.2, 0.25) is 0 Å². The lowest BCUT2D eigenvalue weighted by Crippen LogP contribution is -2.59. The smallest absolute Gasteiger partial charge is 0.252 e. The molecule has 18 nitrogen and oxygen atoms in total. The van der Waals surface area contributed by atoms with Crippen molar-refractivity contribution < 1.29 is 51.4 Å². The lowest BCUT2D eigenvalue weighted by atomic mass is 9.83. The van der Waals surface area contributed by atoms with Crippen molar-refractivity contribution in [3.05, 3.63) is 124 Å². The van der Waals surface area contributed by atoms with Crippen LogP contribution in [0.3, 0.4) is 0 Å². The Balaban J connectivity index is 0.927. The molecule has 0 aromatic heterocycles. The van der Waals surface area contributed by atoms with E-state index in [1.807, 2.05) is 18.2 Å². The van der Waals surface area contributed by atoms with Gasteiger partial charge in [-0.25, -0.2) is 13.2 Å². The molecule has 21 heteroatoms. The molecule has 3 fully saturated rings. The number of hydrogen-bond acceptors (Lipinski definition) is 12. The Morgan fingerprint density at radius 3 is 2.33 bits per heavy atom. The van der Waals surface area contributed by atoms with Crippen LogP contribution >= 0.6 is 0 Å². The first-order chi connectivity index (χ1) is 38.4. The number of piperazine rings is 1. The van der Waals surface area contributed by atoms with Crippen LogP contribution in [0.25, 0.3) is 0 Å². The number of nitrogens with zero attached hydrogens (tertiary/aromatic N) is 4. The second-order valence-electron chi connectivity index (χ2n) is 22.2. The van der Waals surface area contributed by atoms with Gasteiger partial charge in [0.2, 0.25) is 29.5 Å². The van der Waals surface area contributed by atoms with Gasteiger partial charge in [0.25, 0.3) is 5.91 Å². The van der Waals surface area contributed by atoms with E-state index in [0.717, 1.165) is 55.4 Å². The number of nitrogens with one attached hydrogen (secondary N) is 6. The molecule has 6 amide bonds. The average Bonchev–Trinajstić information content (AvgIpc) is 4.22. The Kier molecular flexibility index (Phi) is 18.4. The maximum absolute atomic E-state index is 15.0. The van der Waals surface area contributed by atoms with E-state index in [1.54, 1.807) is 50.1 Å². The third kappa shape index (κ3) is 13.0. The molecule has 0 unspecified atom stereocenters. The van der Waals surface area contributed by atoms with Crippen LogP contribution in [0, 0.1) is 23.4 Å². The molecule has 0 aliphatic carbocycles. The van der Waals surface area contributed by atoms with Gasteiger partial charge in [0.15, 0.2) is 0 Å². The molecule has 6 N–H and O–H groups in total. The summed E-state index contributed by atoms with van der Waals surface area (Å²) in [4.78, 5) is 93.4. The number of halogens is 3. The van der Waals surface area contributed by atoms with Gasteiger partial charge in [-0.3, -0.25) is 38.6 Å². The Morgan fingerprint density at radius 2 is 1.60 bits per heavy atom. The van der Waals surface area contributed by atoms with E-state index in [-0.39, 0.29) is 60.6 Å². The predicted molar refractivity (Wildman–Crippen MR) is 295 cm³/mol. The molecule has 5 heterocycles. The first-order valence-corrected chi connectivity index (χ1v) is 27.7. The molecule has 80 heavy (non-hydrogen) atoms. The number of amides is 6. The third-order valence-electron chi connectivity index (χ3n) is 16.5. The van der Waals surface area contributed by atoms with Crippen molar-refractivity contribution in [1.29, 1.82) is 0 Å². The highest BCUT2D eigenvalue weighted by Gasteiger charge is 2.48. The second-order valence-corrected chi connectivity index (χ2v) is 22.2. The number of hydrogen-bond donors (Lipinski definition) is 6. The first kappa shape index (κ1) is 57.9. The summed E-state index contributed by atoms with van der Waals surface area (Å²) >= 11 is 0. The van der Waals surface area contributed by atoms with Gasteiger partial charge in [-0.05, 0) is 137 Å². The van der Waals surface area contributed by atoms with Crippen LogP contribution in [0.1, 0.15) is 80.8 Å². The van der Waals surface area contributed by atoms with Crippen molar-refractivity contribution in [2.24, 2.45) is 5.92 Å². The molecule has 5 aliphatic heterocycles. The molecule has 0 bridgehead atoms. The van der Waals surface area contributed by atoms with Crippen molar-refractivity contribution in [2.45, 2.75) is 102 Å². The molecule has 4 aromatic rings. The number of rotatable bonds is 18. The normalized spacial score (nSPS) is 23.1. The number of para-hydroxylation sites is 1. The number of ether oxygens (including phenoxy) is 2. The lowest BCUT2D eigenvalue weighted by Gasteiger charge is -2.41. The highest BCUT2D eigenvalue weighted by molar-refractivity contribution is 6.05. The molecule has 0 radical (unpaired) electrons. The number of fused-ring (bicyclic) bond motifs is 2. The van der Waals surface area contributed by atoms with Gasteiger partial charge in [0.05, 0.1) is 37.8 Å². The minimum Gasteiger partial charge on any atom is -0.381 e. The first-order valence-electron chi connectivity index (χ1n) is 27.7. The Bertz CT molecular complexity index is 2930. The van der Waals surface area contributed by atoms with Crippen molar-refractivity contribution >= 4 is 52.5 Å². The summed E-state index contributed by atoms with van der Waals surface area (Å²) in [7, 11) is 1.61. The van der Waals surface area contributed by atoms with Crippen LogP contribution in [0.4, 0.5) is 30.2 Å². The van der Waals surface area contributed by atoms with Crippen LogP contribution < -0.4 is 36.8 Å². The van der Waals surface area contributed by atoms with Gasteiger partial charge in [0, 0.05) is 82.0 Å². The van der Waals surface area contributed by atoms with Gasteiger partial charge in [-0.2, -0.15) is 0 Å². The summed E-state index contributed by atoms with van der Waals surface area (Å²) in [5, 5.41) is 17.3. The summed E-state index contributed by atoms with van der Waals surface area (Å²) in [6, 6.07) is 17.1. The maximum atomic E-state index is 15.0. The topological polar surface area (TPSA) is 206 Å². The number of likely N-dealkylation sites (N-methyl/N-ethyl adjacent to an activating group) is 1. The van der Waals surface area contributed by atoms with E-state index >= 15 is 8.78 Å². The molecule has 9 rings (SSSR count). The number of carbonyl (C=O) groups is 6. The Labute approximate surface area is 464 Å². The molecule has 428 valence electrons. The molecule has 4 aromatic carbocycles. The summed E-state index contributed by atoms with van der Waals surface area (Å²) < 4.78 is 55.2. The maximum Gasteiger partial charge on any atom is 0.252 e. The van der Waals surface area contributed by atoms with Gasteiger partial charge in [0.1, 0.15) is 35.2 Å². The Hall–Kier alpha value is -6.75. The second kappa shape index (κ2) is 25.4. The summed E-state index contributed by atoms with van der Waals surface area (Å²) in [6.07, 6.45) is 2.20. The molecule has 7 atom stereocenters. The molecular formula is C59H73F3N10O8. The van der Waals surface area contributed by atoms with E-state index in [9.17, 15) is 33.2 Å². The number of benzene rings is 4. The van der Waals surface area contributed by atoms with E-state index in [1.165, 1.54) is 23.1 Å². The van der Waals surface area contributed by atoms with Crippen molar-refractivity contribution in [2.75, 3.05) is 94.8 Å². The SMILES string of the molecule is CN[C@@H](C)C(=O)N[C@H](C(=O)N1Cc2ccc(NC(=O)CNC(=O)[C@@]3(C)CN(C(=O)CN4C[C@@H](C)NC[C@H]4CCN4CCOC[C@H]4C)c4cc(Cc5ccc(F)cc5)ccc43)cc2[C@H]1C(=O)Nc1c(F)cccc1F)C1CCOCC1. The van der Waals surface area contributed by atoms with Crippen LogP contribution in [0.5, 0.6) is 0 Å². The van der Waals surface area contributed by atoms with E-state index < -0.39 is 76.9 Å². The van der Waals surface area contributed by atoms with E-state index in [0.29, 0.717) is 75.1 Å². The van der Waals surface area contributed by atoms with E-state index in [2.05, 4.69) is 55.5 Å². The van der Waals surface area contributed by atoms with Crippen LogP contribution in [-0.2, 0) is 56.6 Å². The highest BCUT2D eigenvalue weighted by Crippen LogP contribution is 2.43. The van der Waals surface area contributed by atoms with Crippen molar-refractivity contribution in [3.8, 4) is 0 Å². The molecule has 3 saturated heterocycles. The molecular weight excluding hydrogens is 1030 g/mol. The fourth-order valence-electron chi connectivity index (χ4n) is 11.7. The van der Waals surface area contributed by atoms with Gasteiger partial charge >= 0.3 is 0 Å². The average molecular weight is 1110 g/mol. The standard InChI is InChI=1S/C59H73F3N10O8/c1-35-30-70(44(28-64-35)17-20-69-21-24-80-33-36(69)2)32-51(74)72-34-59(4,46-16-11-39(26-49(46)72)25-38-9-13-42(60)14-10-38)58(78)65-29-50(73)66-43-15-12-41-31-71(54(45(41)27-43)56(76)68-53-47(61)7-6-8-48(53)62)57(77)52(40-18-22-79-23-19-40)67-55(75)37(3)63-5/h6-16,26-27,35-37,40,44,52,54,63-64H,17-25,28-34H2,1-5H3,(H,65,78)(H,66,73)(H,67,75)(H,68,76)/t35-,36-,37+,44-,52+,54+,59+/m1/s1. The fourth-order valence-corrected chi connectivity index (χ4v) is 11.7. The molecule has 0 saturated carbocycles. The quantitative estimate of drug-likeness (QED) is 0.0823. The van der Waals surface area contributed by atoms with Crippen molar-refractivity contribution in [3.63, 3.8) is 0 Å². The van der Waals surface area contributed by atoms with Gasteiger partial charge < -0.3 is 51.2 Å². The minimum absolute atomic E-state index is 0.0000786. The highest BCUT2D eigenvalue weighted by atomic mass is 19.1. The van der Waals surface area contributed by atoms with Crippen LogP contribution in [0.15, 0.2) is 78.9 Å². The van der Waals surface area contributed by atoms with Gasteiger partial charge in [-0.15, -0.1) is 0 Å². The zero-order chi connectivity index (χ0) is 56.8. The third-order valence-corrected chi connectivity index (χ3v) is 16.5. The van der Waals surface area contributed by atoms with Gasteiger partial charge in [-0.1, -0.05) is 36.4 Å². The minimum atomic E-state index is -1.46. The zero-order valence-electron chi connectivity index (χ0n) is 46.0. The lowest BCUT2D eigenvalue weighted by molar-refractivity contribution is -0.144. The van der Waals surface area contributed by atoms with Crippen LogP contribution in [-0.4, -0.2) is 160 Å². The van der Waals surface area contributed by atoms with E-state index in [4.69, 9.17) is 9.47 Å². The summed E-state index contributed by atoms with van der Waals surface area (Å²) in [5.41, 5.74) is 1.88. The zero-order valence-corrected chi connectivity index (χ0v) is 46.0. The number of anilines is 3. The fraction of sp³-hybridized carbons (Fsp3) is 0.492. The summed E-state index contributed by atoms with van der Waals surface area (Å²) in [6.45, 7) is 12.3. The predicted octanol–water partition coefficient (Wildman–Crippen LogP) is 4.37. The molecule has 5 aliphatic rings.